The molecular formula is C18H24IN5O4. The molecule has 10 heteroatoms. The number of piperidine rings is 1. The first-order chi connectivity index (χ1) is 13.1. The van der Waals surface area contributed by atoms with Crippen molar-refractivity contribution in [2.75, 3.05) is 18.0 Å². The van der Waals surface area contributed by atoms with Gasteiger partial charge in [0, 0.05) is 29.4 Å². The van der Waals surface area contributed by atoms with Gasteiger partial charge < -0.3 is 10.1 Å². The van der Waals surface area contributed by atoms with Crippen molar-refractivity contribution in [2.45, 2.75) is 45.3 Å². The van der Waals surface area contributed by atoms with E-state index >= 15 is 0 Å². The highest BCUT2D eigenvalue weighted by molar-refractivity contribution is 14.1. The van der Waals surface area contributed by atoms with E-state index in [4.69, 9.17) is 4.74 Å². The lowest BCUT2D eigenvalue weighted by Gasteiger charge is -2.35. The highest BCUT2D eigenvalue weighted by atomic mass is 127. The smallest absolute Gasteiger partial charge is 0.415 e. The van der Waals surface area contributed by atoms with Gasteiger partial charge in [0.15, 0.2) is 0 Å². The van der Waals surface area contributed by atoms with E-state index in [2.05, 4.69) is 10.4 Å². The number of fused-ring (bicyclic) bond motifs is 1. The number of nitro groups is 1. The van der Waals surface area contributed by atoms with Crippen LogP contribution in [0.5, 0.6) is 0 Å². The molecule has 1 aromatic heterocycles. The average molecular weight is 501 g/mol. The van der Waals surface area contributed by atoms with Gasteiger partial charge in [-0.3, -0.25) is 19.7 Å². The number of aryl methyl sites for hydroxylation is 1. The zero-order valence-corrected chi connectivity index (χ0v) is 18.5. The number of nitrogens with one attached hydrogen (secondary N) is 1. The Morgan fingerprint density at radius 1 is 1.50 bits per heavy atom. The van der Waals surface area contributed by atoms with Gasteiger partial charge in [0.1, 0.15) is 16.8 Å². The lowest BCUT2D eigenvalue weighted by molar-refractivity contribution is -0.384. The van der Waals surface area contributed by atoms with Crippen molar-refractivity contribution in [3.8, 4) is 0 Å². The van der Waals surface area contributed by atoms with Crippen molar-refractivity contribution in [2.24, 2.45) is 7.05 Å². The van der Waals surface area contributed by atoms with Gasteiger partial charge in [0.25, 0.3) is 5.69 Å². The predicted octanol–water partition coefficient (Wildman–Crippen LogP) is 3.58. The van der Waals surface area contributed by atoms with Crippen LogP contribution in [0.15, 0.2) is 12.3 Å². The molecule has 1 aromatic carbocycles. The second kappa shape index (κ2) is 7.82. The van der Waals surface area contributed by atoms with Crippen LogP contribution in [0, 0.1) is 13.7 Å². The lowest BCUT2D eigenvalue weighted by Crippen LogP contribution is -2.50. The minimum atomic E-state index is -0.719. The number of aromatic nitrogens is 2. The number of hydrogen-bond donors (Lipinski definition) is 1. The number of benzene rings is 1. The third-order valence-electron chi connectivity index (χ3n) is 4.48. The molecule has 1 amide bonds. The van der Waals surface area contributed by atoms with Gasteiger partial charge in [-0.1, -0.05) is 0 Å². The highest BCUT2D eigenvalue weighted by Crippen LogP contribution is 2.40. The van der Waals surface area contributed by atoms with Gasteiger partial charge >= 0.3 is 6.09 Å². The third-order valence-corrected chi connectivity index (χ3v) is 5.30. The molecule has 1 aliphatic rings. The molecule has 1 atom stereocenters. The van der Waals surface area contributed by atoms with Crippen LogP contribution in [0.2, 0.25) is 0 Å². The fraction of sp³-hybridized carbons (Fsp3) is 0.556. The van der Waals surface area contributed by atoms with Gasteiger partial charge in [0.2, 0.25) is 0 Å². The molecule has 0 saturated carbocycles. The number of hydrogen-bond acceptors (Lipinski definition) is 6. The van der Waals surface area contributed by atoms with Gasteiger partial charge in [-0.25, -0.2) is 4.79 Å². The van der Waals surface area contributed by atoms with Crippen LogP contribution in [-0.2, 0) is 11.8 Å². The zero-order valence-electron chi connectivity index (χ0n) is 16.4. The van der Waals surface area contributed by atoms with Crippen molar-refractivity contribution in [1.29, 1.82) is 0 Å². The summed E-state index contributed by atoms with van der Waals surface area (Å²) >= 11 is 2.04. The van der Waals surface area contributed by atoms with E-state index < -0.39 is 16.6 Å². The van der Waals surface area contributed by atoms with Crippen LogP contribution < -0.4 is 10.2 Å². The fourth-order valence-electron chi connectivity index (χ4n) is 3.41. The minimum absolute atomic E-state index is 0.124. The van der Waals surface area contributed by atoms with Crippen molar-refractivity contribution >= 4 is 51.0 Å². The summed E-state index contributed by atoms with van der Waals surface area (Å²) in [5.41, 5.74) is 0.0301. The fourth-order valence-corrected chi connectivity index (χ4v) is 4.11. The summed E-state index contributed by atoms with van der Waals surface area (Å²) < 4.78 is 7.90. The molecule has 28 heavy (non-hydrogen) atoms. The number of ether oxygens (including phenoxy) is 1. The van der Waals surface area contributed by atoms with Crippen LogP contribution in [0.3, 0.4) is 0 Å². The SMILES string of the molecule is Cn1cc2c(N(C(=O)OC(C)(C)C)[C@H]3CCCNC3)c([N+](=O)[O-])cc(I)c2n1. The summed E-state index contributed by atoms with van der Waals surface area (Å²) in [7, 11) is 1.76. The molecule has 3 rings (SSSR count). The van der Waals surface area contributed by atoms with E-state index in [1.54, 1.807) is 38.7 Å². The van der Waals surface area contributed by atoms with E-state index in [1.165, 1.54) is 11.0 Å². The summed E-state index contributed by atoms with van der Waals surface area (Å²) in [5, 5.41) is 20.2. The quantitative estimate of drug-likeness (QED) is 0.392. The molecule has 1 fully saturated rings. The molecule has 0 unspecified atom stereocenters. The monoisotopic (exact) mass is 501 g/mol. The van der Waals surface area contributed by atoms with Crippen molar-refractivity contribution in [3.05, 3.63) is 25.9 Å². The second-order valence-corrected chi connectivity index (χ2v) is 9.06. The predicted molar refractivity (Wildman–Crippen MR) is 115 cm³/mol. The summed E-state index contributed by atoms with van der Waals surface area (Å²) in [4.78, 5) is 26.1. The van der Waals surface area contributed by atoms with E-state index in [1.807, 2.05) is 22.6 Å². The van der Waals surface area contributed by atoms with Crippen LogP contribution in [0.4, 0.5) is 16.2 Å². The summed E-state index contributed by atoms with van der Waals surface area (Å²) in [6.07, 6.45) is 2.73. The zero-order chi connectivity index (χ0) is 20.6. The van der Waals surface area contributed by atoms with E-state index in [0.717, 1.165) is 19.4 Å². The van der Waals surface area contributed by atoms with Gasteiger partial charge in [-0.15, -0.1) is 0 Å². The van der Waals surface area contributed by atoms with E-state index in [-0.39, 0.29) is 17.4 Å². The Morgan fingerprint density at radius 3 is 2.79 bits per heavy atom. The molecule has 2 aromatic rings. The molecule has 1 N–H and O–H groups in total. The first-order valence-corrected chi connectivity index (χ1v) is 10.2. The number of amides is 1. The van der Waals surface area contributed by atoms with Crippen LogP contribution in [0.1, 0.15) is 33.6 Å². The van der Waals surface area contributed by atoms with Gasteiger partial charge in [-0.2, -0.15) is 5.10 Å². The standard InChI is InChI=1S/C18H24IN5O4/c1-18(2,3)28-17(25)23(11-6-5-7-20-9-11)16-12-10-22(4)21-15(12)13(19)8-14(16)24(26)27/h8,10-11,20H,5-7,9H2,1-4H3/t11-/m0/s1. The Bertz CT molecular complexity index is 915. The first-order valence-electron chi connectivity index (χ1n) is 9.11. The van der Waals surface area contributed by atoms with E-state index in [0.29, 0.717) is 21.0 Å². The third kappa shape index (κ3) is 4.22. The Hall–Kier alpha value is -1.95. The van der Waals surface area contributed by atoms with E-state index in [9.17, 15) is 14.9 Å². The normalized spacial score (nSPS) is 17.5. The molecule has 0 aliphatic carbocycles. The maximum Gasteiger partial charge on any atom is 0.415 e. The lowest BCUT2D eigenvalue weighted by atomic mass is 10.0. The number of nitro benzene ring substituents is 1. The maximum atomic E-state index is 13.2. The molecule has 0 spiro atoms. The first kappa shape index (κ1) is 20.8. The summed E-state index contributed by atoms with van der Waals surface area (Å²) in [6.45, 7) is 6.75. The molecule has 0 radical (unpaired) electrons. The van der Waals surface area contributed by atoms with Crippen LogP contribution in [0.25, 0.3) is 10.9 Å². The van der Waals surface area contributed by atoms with Gasteiger partial charge in [-0.05, 0) is 62.7 Å². The largest absolute Gasteiger partial charge is 0.443 e. The molecule has 1 aliphatic heterocycles. The number of anilines is 1. The van der Waals surface area contributed by atoms with Gasteiger partial charge in [0.05, 0.1) is 16.4 Å². The Balaban J connectivity index is 2.24. The maximum absolute atomic E-state index is 13.2. The summed E-state index contributed by atoms with van der Waals surface area (Å²) in [6, 6.07) is 1.23. The molecule has 9 nitrogen and oxygen atoms in total. The van der Waals surface area contributed by atoms with Crippen LogP contribution in [-0.4, -0.2) is 45.5 Å². The highest BCUT2D eigenvalue weighted by Gasteiger charge is 2.37. The van der Waals surface area contributed by atoms with Crippen molar-refractivity contribution in [1.82, 2.24) is 15.1 Å². The number of halogens is 1. The number of carbonyl (C=O) groups is 1. The molecule has 1 saturated heterocycles. The average Bonchev–Trinajstić information content (AvgIpc) is 2.98. The summed E-state index contributed by atoms with van der Waals surface area (Å²) in [5.74, 6) is 0. The van der Waals surface area contributed by atoms with Crippen LogP contribution >= 0.6 is 22.6 Å². The topological polar surface area (TPSA) is 103 Å². The Kier molecular flexibility index (Phi) is 5.80. The van der Waals surface area contributed by atoms with Crippen molar-refractivity contribution in [3.63, 3.8) is 0 Å². The number of nitrogens with zero attached hydrogens (tertiary/aromatic N) is 4. The molecule has 0 bridgehead atoms. The second-order valence-electron chi connectivity index (χ2n) is 7.90. The molecule has 152 valence electrons. The minimum Gasteiger partial charge on any atom is -0.443 e. The number of rotatable bonds is 3. The molecular weight excluding hydrogens is 477 g/mol. The number of carbonyl (C=O) groups excluding carboxylic acids is 1. The van der Waals surface area contributed by atoms with Crippen molar-refractivity contribution < 1.29 is 14.5 Å². The Labute approximate surface area is 176 Å². The Morgan fingerprint density at radius 2 is 2.21 bits per heavy atom. The molecule has 2 heterocycles.